The first-order chi connectivity index (χ1) is 12.3. The minimum atomic E-state index is -0.250. The van der Waals surface area contributed by atoms with E-state index in [9.17, 15) is 9.90 Å². The van der Waals surface area contributed by atoms with Crippen molar-refractivity contribution in [2.24, 2.45) is 0 Å². The van der Waals surface area contributed by atoms with Gasteiger partial charge in [-0.15, -0.1) is 0 Å². The van der Waals surface area contributed by atoms with Gasteiger partial charge in [-0.2, -0.15) is 5.10 Å². The molecule has 0 saturated carbocycles. The van der Waals surface area contributed by atoms with Crippen LogP contribution in [-0.2, 0) is 17.7 Å². The number of hydrogen-bond acceptors (Lipinski definition) is 5. The second-order valence-corrected chi connectivity index (χ2v) is 8.07. The zero-order chi connectivity index (χ0) is 19.1. The van der Waals surface area contributed by atoms with Crippen LogP contribution in [0.15, 0.2) is 0 Å². The number of ether oxygens (including phenoxy) is 1. The van der Waals surface area contributed by atoms with E-state index in [1.165, 1.54) is 0 Å². The summed E-state index contributed by atoms with van der Waals surface area (Å²) in [5, 5.41) is 14.2. The van der Waals surface area contributed by atoms with E-state index in [4.69, 9.17) is 4.74 Å². The molecule has 3 heterocycles. The number of fused-ring (bicyclic) bond motifs is 1. The molecule has 146 valence electrons. The molecular formula is C19H32N4O3. The Kier molecular flexibility index (Phi) is 5.42. The maximum absolute atomic E-state index is 13.2. The van der Waals surface area contributed by atoms with Crippen LogP contribution in [0.25, 0.3) is 0 Å². The molecule has 0 unspecified atom stereocenters. The lowest BCUT2D eigenvalue weighted by atomic mass is 9.98. The average Bonchev–Trinajstić information content (AvgIpc) is 3.00. The molecule has 0 aliphatic carbocycles. The largest absolute Gasteiger partial charge is 0.394 e. The number of rotatable bonds is 4. The van der Waals surface area contributed by atoms with Crippen molar-refractivity contribution in [1.29, 1.82) is 0 Å². The Balaban J connectivity index is 1.79. The maximum atomic E-state index is 13.2. The highest BCUT2D eigenvalue weighted by atomic mass is 16.5. The summed E-state index contributed by atoms with van der Waals surface area (Å²) in [5.41, 5.74) is 2.45. The molecule has 0 bridgehead atoms. The number of carbonyl (C=O) groups excluding carboxylic acids is 1. The number of hydrogen-bond donors (Lipinski definition) is 1. The van der Waals surface area contributed by atoms with Crippen LogP contribution in [0.4, 0.5) is 0 Å². The van der Waals surface area contributed by atoms with Crippen molar-refractivity contribution in [1.82, 2.24) is 19.6 Å². The topological polar surface area (TPSA) is 70.8 Å². The van der Waals surface area contributed by atoms with Gasteiger partial charge in [-0.25, -0.2) is 0 Å². The first kappa shape index (κ1) is 19.3. The van der Waals surface area contributed by atoms with Gasteiger partial charge in [0, 0.05) is 50.2 Å². The van der Waals surface area contributed by atoms with E-state index < -0.39 is 0 Å². The highest BCUT2D eigenvalue weighted by Gasteiger charge is 2.36. The molecule has 3 rings (SSSR count). The Hall–Kier alpha value is -1.44. The van der Waals surface area contributed by atoms with E-state index in [1.54, 1.807) is 0 Å². The highest BCUT2D eigenvalue weighted by molar-refractivity contribution is 5.94. The van der Waals surface area contributed by atoms with Crippen LogP contribution in [0.2, 0.25) is 0 Å². The van der Waals surface area contributed by atoms with Crippen molar-refractivity contribution in [3.8, 4) is 0 Å². The van der Waals surface area contributed by atoms with Crippen molar-refractivity contribution in [3.05, 3.63) is 17.0 Å². The fourth-order valence-corrected chi connectivity index (χ4v) is 4.09. The molecule has 1 saturated heterocycles. The number of aliphatic hydroxyl groups is 1. The Labute approximate surface area is 155 Å². The molecule has 2 aliphatic rings. The van der Waals surface area contributed by atoms with Gasteiger partial charge in [0.15, 0.2) is 5.69 Å². The molecular weight excluding hydrogens is 332 g/mol. The van der Waals surface area contributed by atoms with Crippen molar-refractivity contribution >= 4 is 5.91 Å². The lowest BCUT2D eigenvalue weighted by Gasteiger charge is -2.43. The quantitative estimate of drug-likeness (QED) is 0.876. The van der Waals surface area contributed by atoms with Gasteiger partial charge in [-0.3, -0.25) is 14.4 Å². The molecule has 2 aliphatic heterocycles. The van der Waals surface area contributed by atoms with Gasteiger partial charge in [-0.1, -0.05) is 0 Å². The molecule has 1 aromatic rings. The summed E-state index contributed by atoms with van der Waals surface area (Å²) in [7, 11) is 0. The molecule has 1 aromatic heterocycles. The van der Waals surface area contributed by atoms with Gasteiger partial charge in [0.1, 0.15) is 0 Å². The van der Waals surface area contributed by atoms with E-state index in [2.05, 4.69) is 10.00 Å². The van der Waals surface area contributed by atoms with E-state index in [0.29, 0.717) is 18.8 Å². The van der Waals surface area contributed by atoms with Gasteiger partial charge < -0.3 is 14.7 Å². The smallest absolute Gasteiger partial charge is 0.274 e. The molecule has 26 heavy (non-hydrogen) atoms. The Morgan fingerprint density at radius 1 is 1.27 bits per heavy atom. The zero-order valence-electron chi connectivity index (χ0n) is 16.7. The van der Waals surface area contributed by atoms with Gasteiger partial charge in [-0.05, 0) is 34.6 Å². The molecule has 7 nitrogen and oxygen atoms in total. The molecule has 2 atom stereocenters. The summed E-state index contributed by atoms with van der Waals surface area (Å²) in [6.45, 7) is 13.9. The van der Waals surface area contributed by atoms with Crippen molar-refractivity contribution in [2.75, 3.05) is 32.8 Å². The van der Waals surface area contributed by atoms with Crippen LogP contribution < -0.4 is 0 Å². The molecule has 7 heteroatoms. The minimum absolute atomic E-state index is 0.0243. The van der Waals surface area contributed by atoms with E-state index >= 15 is 0 Å². The van der Waals surface area contributed by atoms with Crippen LogP contribution in [0.3, 0.4) is 0 Å². The first-order valence-electron chi connectivity index (χ1n) is 9.68. The van der Waals surface area contributed by atoms with Gasteiger partial charge in [0.05, 0.1) is 24.5 Å². The molecule has 0 aromatic carbocycles. The average molecular weight is 364 g/mol. The number of aryl methyl sites for hydroxylation is 1. The second-order valence-electron chi connectivity index (χ2n) is 8.07. The molecule has 0 spiro atoms. The van der Waals surface area contributed by atoms with Crippen LogP contribution >= 0.6 is 0 Å². The van der Waals surface area contributed by atoms with Crippen LogP contribution in [0.1, 0.15) is 62.5 Å². The van der Waals surface area contributed by atoms with E-state index in [1.807, 2.05) is 44.2 Å². The van der Waals surface area contributed by atoms with Crippen molar-refractivity contribution < 1.29 is 14.6 Å². The molecule has 1 N–H and O–H groups in total. The summed E-state index contributed by atoms with van der Waals surface area (Å²) in [4.78, 5) is 17.3. The number of carbonyl (C=O) groups is 1. The molecule has 0 radical (unpaired) electrons. The second kappa shape index (κ2) is 7.29. The highest BCUT2D eigenvalue weighted by Crippen LogP contribution is 2.32. The SMILES string of the molecule is CCn1nc(C(=O)N2CCN(C(C)(C)CO)CC2)c2c1[C@H](C)O[C@H](C)C2. The third-order valence-corrected chi connectivity index (χ3v) is 5.72. The predicted molar refractivity (Wildman–Crippen MR) is 99.2 cm³/mol. The third kappa shape index (κ3) is 3.40. The maximum Gasteiger partial charge on any atom is 0.274 e. The number of aromatic nitrogens is 2. The first-order valence-corrected chi connectivity index (χ1v) is 9.68. The summed E-state index contributed by atoms with van der Waals surface area (Å²) in [6, 6.07) is 0. The fraction of sp³-hybridized carbons (Fsp3) is 0.789. The van der Waals surface area contributed by atoms with E-state index in [-0.39, 0.29) is 30.3 Å². The van der Waals surface area contributed by atoms with Crippen molar-refractivity contribution in [3.63, 3.8) is 0 Å². The summed E-state index contributed by atoms with van der Waals surface area (Å²) >= 11 is 0. The molecule has 1 amide bonds. The summed E-state index contributed by atoms with van der Waals surface area (Å²) in [6.07, 6.45) is 0.795. The lowest BCUT2D eigenvalue weighted by molar-refractivity contribution is -0.00959. The third-order valence-electron chi connectivity index (χ3n) is 5.72. The predicted octanol–water partition coefficient (Wildman–Crippen LogP) is 1.45. The Bertz CT molecular complexity index is 662. The normalized spacial score (nSPS) is 24.6. The Morgan fingerprint density at radius 3 is 2.50 bits per heavy atom. The molecule has 1 fully saturated rings. The van der Waals surface area contributed by atoms with E-state index in [0.717, 1.165) is 37.3 Å². The van der Waals surface area contributed by atoms with Crippen molar-refractivity contribution in [2.45, 2.75) is 65.3 Å². The summed E-state index contributed by atoms with van der Waals surface area (Å²) in [5.74, 6) is 0.0243. The lowest BCUT2D eigenvalue weighted by Crippen LogP contribution is -2.57. The van der Waals surface area contributed by atoms with Gasteiger partial charge in [0.25, 0.3) is 5.91 Å². The Morgan fingerprint density at radius 2 is 1.92 bits per heavy atom. The standard InChI is InChI=1S/C19H32N4O3/c1-6-23-17-14(3)26-13(2)11-15(17)16(20-23)18(25)21-7-9-22(10-8-21)19(4,5)12-24/h13-14,24H,6-12H2,1-5H3/t13-,14+/m1/s1. The van der Waals surface area contributed by atoms with Gasteiger partial charge in [0.2, 0.25) is 0 Å². The van der Waals surface area contributed by atoms with Crippen LogP contribution in [0.5, 0.6) is 0 Å². The zero-order valence-corrected chi connectivity index (χ0v) is 16.7. The number of aliphatic hydroxyl groups excluding tert-OH is 1. The van der Waals surface area contributed by atoms with Crippen LogP contribution in [0, 0.1) is 0 Å². The number of piperazine rings is 1. The monoisotopic (exact) mass is 364 g/mol. The number of amides is 1. The summed E-state index contributed by atoms with van der Waals surface area (Å²) < 4.78 is 7.86. The minimum Gasteiger partial charge on any atom is -0.394 e. The fourth-order valence-electron chi connectivity index (χ4n) is 4.09. The number of nitrogens with zero attached hydrogens (tertiary/aromatic N) is 4. The van der Waals surface area contributed by atoms with Crippen LogP contribution in [-0.4, -0.2) is 75.0 Å². The van der Waals surface area contributed by atoms with Gasteiger partial charge >= 0.3 is 0 Å².